The van der Waals surface area contributed by atoms with Crippen molar-refractivity contribution in [3.8, 4) is 0 Å². The van der Waals surface area contributed by atoms with Crippen LogP contribution in [0.4, 0.5) is 4.79 Å². The third-order valence-corrected chi connectivity index (χ3v) is 3.24. The van der Waals surface area contributed by atoms with Crippen molar-refractivity contribution in [2.45, 2.75) is 24.5 Å². The molecule has 0 fully saturated rings. The lowest BCUT2D eigenvalue weighted by Gasteiger charge is -2.22. The Balaban J connectivity index is 3.02. The molecule has 7 nitrogen and oxygen atoms in total. The van der Waals surface area contributed by atoms with Gasteiger partial charge in [0.25, 0.3) is 0 Å². The van der Waals surface area contributed by atoms with Gasteiger partial charge in [0, 0.05) is 11.4 Å². The van der Waals surface area contributed by atoms with Gasteiger partial charge in [-0.2, -0.15) is 4.68 Å². The number of rotatable bonds is 3. The van der Waals surface area contributed by atoms with Crippen molar-refractivity contribution in [1.82, 2.24) is 19.8 Å². The first-order valence-corrected chi connectivity index (χ1v) is 6.48. The van der Waals surface area contributed by atoms with E-state index in [2.05, 4.69) is 10.4 Å². The van der Waals surface area contributed by atoms with Crippen LogP contribution in [-0.4, -0.2) is 38.2 Å². The molecule has 0 aliphatic rings. The first-order chi connectivity index (χ1) is 7.82. The molecule has 1 rings (SSSR count). The standard InChI is InChI=1S/C8H14ClN5O2S/c1-8(2,4-9)11-5(15)14-7(16)13(10)6(12-14)17-3/h4,10H2,1-3H3,(H,11,15). The summed E-state index contributed by atoms with van der Waals surface area (Å²) in [6.45, 7) is 3.47. The van der Waals surface area contributed by atoms with Crippen LogP contribution in [0, 0.1) is 0 Å². The summed E-state index contributed by atoms with van der Waals surface area (Å²) in [5.74, 6) is 5.66. The number of amides is 1. The monoisotopic (exact) mass is 279 g/mol. The Labute approximate surface area is 107 Å². The highest BCUT2D eigenvalue weighted by molar-refractivity contribution is 7.98. The summed E-state index contributed by atoms with van der Waals surface area (Å²) in [5.41, 5.74) is -1.33. The van der Waals surface area contributed by atoms with Gasteiger partial charge in [0.05, 0.1) is 0 Å². The van der Waals surface area contributed by atoms with Crippen LogP contribution >= 0.6 is 23.4 Å². The van der Waals surface area contributed by atoms with Crippen molar-refractivity contribution in [3.63, 3.8) is 0 Å². The zero-order valence-electron chi connectivity index (χ0n) is 9.73. The van der Waals surface area contributed by atoms with E-state index in [1.54, 1.807) is 20.1 Å². The van der Waals surface area contributed by atoms with Crippen molar-refractivity contribution in [1.29, 1.82) is 0 Å². The molecule has 0 bridgehead atoms. The molecule has 1 amide bonds. The first kappa shape index (κ1) is 13.9. The number of hydrogen-bond acceptors (Lipinski definition) is 5. The normalized spacial score (nSPS) is 11.5. The zero-order chi connectivity index (χ0) is 13.2. The van der Waals surface area contributed by atoms with Gasteiger partial charge in [-0.05, 0) is 20.1 Å². The Bertz CT molecular complexity index is 481. The fraction of sp³-hybridized carbons (Fsp3) is 0.625. The third-order valence-electron chi connectivity index (χ3n) is 1.93. The third kappa shape index (κ3) is 2.95. The molecule has 0 radical (unpaired) electrons. The van der Waals surface area contributed by atoms with E-state index in [-0.39, 0.29) is 11.0 Å². The minimum Gasteiger partial charge on any atom is -0.333 e. The maximum atomic E-state index is 11.8. The Kier molecular flexibility index (Phi) is 4.10. The molecule has 17 heavy (non-hydrogen) atoms. The molecule has 3 N–H and O–H groups in total. The smallest absolute Gasteiger partial charge is 0.333 e. The minimum absolute atomic E-state index is 0.214. The van der Waals surface area contributed by atoms with Crippen LogP contribution in [0.2, 0.25) is 0 Å². The molecule has 1 aromatic rings. The summed E-state index contributed by atoms with van der Waals surface area (Å²) >= 11 is 6.84. The van der Waals surface area contributed by atoms with Crippen molar-refractivity contribution in [3.05, 3.63) is 10.5 Å². The summed E-state index contributed by atoms with van der Waals surface area (Å²) in [5, 5.41) is 6.63. The average molecular weight is 280 g/mol. The minimum atomic E-state index is -0.697. The number of aromatic nitrogens is 3. The van der Waals surface area contributed by atoms with Gasteiger partial charge in [-0.15, -0.1) is 21.4 Å². The van der Waals surface area contributed by atoms with Crippen molar-refractivity contribution < 1.29 is 4.79 Å². The molecule has 1 heterocycles. The number of alkyl halides is 1. The van der Waals surface area contributed by atoms with Gasteiger partial charge in [0.1, 0.15) is 0 Å². The molecule has 1 aromatic heterocycles. The van der Waals surface area contributed by atoms with Gasteiger partial charge in [-0.1, -0.05) is 11.8 Å². The SMILES string of the molecule is CSc1nn(C(=O)NC(C)(C)CCl)c(=O)n1N. The average Bonchev–Trinajstić information content (AvgIpc) is 2.55. The molecule has 96 valence electrons. The Morgan fingerprint density at radius 1 is 1.65 bits per heavy atom. The number of hydrogen-bond donors (Lipinski definition) is 2. The topological polar surface area (TPSA) is 94.9 Å². The number of nitrogen functional groups attached to an aromatic ring is 1. The molecule has 0 unspecified atom stereocenters. The molecule has 0 aromatic carbocycles. The van der Waals surface area contributed by atoms with Crippen molar-refractivity contribution in [2.24, 2.45) is 0 Å². The van der Waals surface area contributed by atoms with Crippen molar-refractivity contribution in [2.75, 3.05) is 18.0 Å². The highest BCUT2D eigenvalue weighted by Gasteiger charge is 2.23. The lowest BCUT2D eigenvalue weighted by molar-refractivity contribution is 0.229. The summed E-state index contributed by atoms with van der Waals surface area (Å²) in [7, 11) is 0. The fourth-order valence-electron chi connectivity index (χ4n) is 1.01. The number of nitrogens with zero attached hydrogens (tertiary/aromatic N) is 3. The Morgan fingerprint density at radius 3 is 2.65 bits per heavy atom. The second kappa shape index (κ2) is 5.01. The van der Waals surface area contributed by atoms with Crippen LogP contribution in [0.25, 0.3) is 0 Å². The molecule has 0 atom stereocenters. The number of carbonyl (C=O) groups excluding carboxylic acids is 1. The van der Waals surface area contributed by atoms with Gasteiger partial charge in [0.2, 0.25) is 5.16 Å². The quantitative estimate of drug-likeness (QED) is 0.463. The van der Waals surface area contributed by atoms with E-state index in [1.165, 1.54) is 11.8 Å². The second-order valence-electron chi connectivity index (χ2n) is 4.00. The maximum Gasteiger partial charge on any atom is 0.374 e. The van der Waals surface area contributed by atoms with Gasteiger partial charge in [0.15, 0.2) is 0 Å². The molecule has 0 spiro atoms. The predicted molar refractivity (Wildman–Crippen MR) is 67.1 cm³/mol. The van der Waals surface area contributed by atoms with Gasteiger partial charge < -0.3 is 11.2 Å². The number of thioether (sulfide) groups is 1. The van der Waals surface area contributed by atoms with Crippen LogP contribution in [-0.2, 0) is 0 Å². The number of nitrogens with two attached hydrogens (primary N) is 1. The van der Waals surface area contributed by atoms with E-state index in [0.717, 1.165) is 4.68 Å². The second-order valence-corrected chi connectivity index (χ2v) is 5.04. The molecule has 9 heteroatoms. The molecular formula is C8H14ClN5O2S. The van der Waals surface area contributed by atoms with E-state index in [0.29, 0.717) is 4.68 Å². The maximum absolute atomic E-state index is 11.8. The van der Waals surface area contributed by atoms with Crippen LogP contribution in [0.5, 0.6) is 0 Å². The molecule has 0 saturated carbocycles. The molecule has 0 aliphatic carbocycles. The molecule has 0 saturated heterocycles. The predicted octanol–water partition coefficient (Wildman–Crippen LogP) is 0.0556. The first-order valence-electron chi connectivity index (χ1n) is 4.72. The van der Waals surface area contributed by atoms with E-state index in [9.17, 15) is 9.59 Å². The number of carbonyl (C=O) groups is 1. The van der Waals surface area contributed by atoms with E-state index < -0.39 is 17.3 Å². The van der Waals surface area contributed by atoms with Crippen molar-refractivity contribution >= 4 is 29.4 Å². The van der Waals surface area contributed by atoms with Crippen LogP contribution in [0.3, 0.4) is 0 Å². The fourth-order valence-corrected chi connectivity index (χ4v) is 1.51. The van der Waals surface area contributed by atoms with E-state index in [1.807, 2.05) is 0 Å². The summed E-state index contributed by atoms with van der Waals surface area (Å²) in [6.07, 6.45) is 1.70. The molecule has 0 aliphatic heterocycles. The number of nitrogens with one attached hydrogen (secondary N) is 1. The highest BCUT2D eigenvalue weighted by atomic mass is 35.5. The molecular weight excluding hydrogens is 266 g/mol. The highest BCUT2D eigenvalue weighted by Crippen LogP contribution is 2.07. The van der Waals surface area contributed by atoms with E-state index in [4.69, 9.17) is 17.4 Å². The van der Waals surface area contributed by atoms with E-state index >= 15 is 0 Å². The van der Waals surface area contributed by atoms with Crippen LogP contribution < -0.4 is 16.8 Å². The zero-order valence-corrected chi connectivity index (χ0v) is 11.3. The van der Waals surface area contributed by atoms with Gasteiger partial charge >= 0.3 is 11.7 Å². The number of halogens is 1. The van der Waals surface area contributed by atoms with Crippen LogP contribution in [0.15, 0.2) is 9.95 Å². The van der Waals surface area contributed by atoms with Crippen LogP contribution in [0.1, 0.15) is 13.8 Å². The lowest BCUT2D eigenvalue weighted by atomic mass is 10.1. The Hall–Kier alpha value is -1.15. The summed E-state index contributed by atoms with van der Waals surface area (Å²) in [4.78, 5) is 23.4. The van der Waals surface area contributed by atoms with Gasteiger partial charge in [-0.25, -0.2) is 9.59 Å². The largest absolute Gasteiger partial charge is 0.374 e. The Morgan fingerprint density at radius 2 is 2.24 bits per heavy atom. The lowest BCUT2D eigenvalue weighted by Crippen LogP contribution is -2.49. The summed E-state index contributed by atoms with van der Waals surface area (Å²) < 4.78 is 1.50. The summed E-state index contributed by atoms with van der Waals surface area (Å²) in [6, 6.07) is -0.653. The van der Waals surface area contributed by atoms with Gasteiger partial charge in [-0.3, -0.25) is 0 Å².